The van der Waals surface area contributed by atoms with E-state index in [1.54, 1.807) is 32.9 Å². The molecule has 0 bridgehead atoms. The first-order valence-corrected chi connectivity index (χ1v) is 6.87. The molecule has 1 atom stereocenters. The van der Waals surface area contributed by atoms with E-state index >= 15 is 0 Å². The molecule has 0 spiro atoms. The molecule has 1 unspecified atom stereocenters. The monoisotopic (exact) mass is 306 g/mol. The highest BCUT2D eigenvalue weighted by Gasteiger charge is 2.28. The quantitative estimate of drug-likeness (QED) is 0.626. The third kappa shape index (κ3) is 5.24. The number of rotatable bonds is 4. The van der Waals surface area contributed by atoms with Crippen LogP contribution in [0.25, 0.3) is 0 Å². The van der Waals surface area contributed by atoms with Crippen molar-refractivity contribution in [2.45, 2.75) is 39.4 Å². The summed E-state index contributed by atoms with van der Waals surface area (Å²) in [7, 11) is 1.24. The van der Waals surface area contributed by atoms with Gasteiger partial charge in [-0.2, -0.15) is 0 Å². The van der Waals surface area contributed by atoms with Crippen LogP contribution in [-0.2, 0) is 19.0 Å². The number of aryl methyl sites for hydroxylation is 1. The van der Waals surface area contributed by atoms with Gasteiger partial charge in [0.2, 0.25) is 0 Å². The van der Waals surface area contributed by atoms with Gasteiger partial charge < -0.3 is 14.2 Å². The van der Waals surface area contributed by atoms with Crippen molar-refractivity contribution in [2.75, 3.05) is 7.11 Å². The Morgan fingerprint density at radius 2 is 1.86 bits per heavy atom. The molecule has 0 amide bonds. The molecule has 0 aromatic heterocycles. The van der Waals surface area contributed by atoms with Crippen molar-refractivity contribution in [1.29, 1.82) is 0 Å². The van der Waals surface area contributed by atoms with Crippen LogP contribution in [-0.4, -0.2) is 24.8 Å². The molecule has 0 heterocycles. The smallest absolute Gasteiger partial charge is 0.466 e. The second kappa shape index (κ2) is 7.11. The minimum Gasteiger partial charge on any atom is -0.466 e. The highest BCUT2D eigenvalue weighted by Crippen LogP contribution is 2.27. The van der Waals surface area contributed by atoms with Gasteiger partial charge in [0.25, 0.3) is 0 Å². The van der Waals surface area contributed by atoms with Gasteiger partial charge in [-0.3, -0.25) is 0 Å². The highest BCUT2D eigenvalue weighted by molar-refractivity contribution is 5.89. The summed E-state index contributed by atoms with van der Waals surface area (Å²) in [6, 6.07) is 7.26. The third-order valence-electron chi connectivity index (χ3n) is 2.71. The van der Waals surface area contributed by atoms with Crippen LogP contribution in [0.4, 0.5) is 4.79 Å². The summed E-state index contributed by atoms with van der Waals surface area (Å²) in [5, 5.41) is 0. The Balaban J connectivity index is 3.05. The number of carbonyl (C=O) groups excluding carboxylic acids is 2. The molecule has 0 saturated heterocycles. The van der Waals surface area contributed by atoms with Crippen molar-refractivity contribution in [3.63, 3.8) is 0 Å². The van der Waals surface area contributed by atoms with Crippen LogP contribution in [0.1, 0.15) is 38.0 Å². The summed E-state index contributed by atoms with van der Waals surface area (Å²) < 4.78 is 15.1. The van der Waals surface area contributed by atoms with E-state index in [-0.39, 0.29) is 5.57 Å². The average molecular weight is 306 g/mol. The van der Waals surface area contributed by atoms with Gasteiger partial charge in [-0.05, 0) is 33.3 Å². The van der Waals surface area contributed by atoms with Crippen LogP contribution in [0.15, 0.2) is 36.4 Å². The molecule has 1 rings (SSSR count). The molecular weight excluding hydrogens is 284 g/mol. The number of hydrogen-bond donors (Lipinski definition) is 0. The van der Waals surface area contributed by atoms with Gasteiger partial charge >= 0.3 is 12.1 Å². The summed E-state index contributed by atoms with van der Waals surface area (Å²) in [6.45, 7) is 10.8. The van der Waals surface area contributed by atoms with E-state index in [0.29, 0.717) is 5.56 Å². The number of methoxy groups -OCH3 is 1. The third-order valence-corrected chi connectivity index (χ3v) is 2.71. The van der Waals surface area contributed by atoms with Gasteiger partial charge in [-0.1, -0.05) is 36.4 Å². The van der Waals surface area contributed by atoms with Gasteiger partial charge in [-0.15, -0.1) is 0 Å². The van der Waals surface area contributed by atoms with E-state index in [1.807, 2.05) is 19.1 Å². The van der Waals surface area contributed by atoms with Gasteiger partial charge in [0.1, 0.15) is 5.60 Å². The Kier molecular flexibility index (Phi) is 5.74. The fraction of sp³-hybridized carbons (Fsp3) is 0.412. The Morgan fingerprint density at radius 1 is 1.23 bits per heavy atom. The summed E-state index contributed by atoms with van der Waals surface area (Å²) >= 11 is 0. The molecule has 0 aliphatic rings. The first-order valence-electron chi connectivity index (χ1n) is 6.87. The first kappa shape index (κ1) is 17.8. The van der Waals surface area contributed by atoms with Crippen molar-refractivity contribution in [3.05, 3.63) is 47.5 Å². The van der Waals surface area contributed by atoms with E-state index in [1.165, 1.54) is 7.11 Å². The second-order valence-corrected chi connectivity index (χ2v) is 5.89. The Labute approximate surface area is 130 Å². The number of benzene rings is 1. The molecule has 0 fully saturated rings. The Hall–Kier alpha value is -2.30. The second-order valence-electron chi connectivity index (χ2n) is 5.89. The highest BCUT2D eigenvalue weighted by atomic mass is 16.7. The van der Waals surface area contributed by atoms with Crippen LogP contribution in [0, 0.1) is 6.92 Å². The Bertz CT molecular complexity index is 569. The number of ether oxygens (including phenoxy) is 3. The van der Waals surface area contributed by atoms with E-state index in [0.717, 1.165) is 5.56 Å². The standard InChI is InChI=1S/C17H22O5/c1-11-8-7-9-13(10-11)14(12(2)15(18)20-6)21-16(19)22-17(3,4)5/h7-10,14H,2H2,1,3-6H3. The zero-order valence-electron chi connectivity index (χ0n) is 13.6. The zero-order chi connectivity index (χ0) is 16.9. The minimum absolute atomic E-state index is 0.0268. The fourth-order valence-electron chi connectivity index (χ4n) is 1.78. The molecule has 22 heavy (non-hydrogen) atoms. The molecule has 0 N–H and O–H groups in total. The molecule has 5 nitrogen and oxygen atoms in total. The van der Waals surface area contributed by atoms with E-state index in [4.69, 9.17) is 9.47 Å². The lowest BCUT2D eigenvalue weighted by atomic mass is 10.0. The van der Waals surface area contributed by atoms with Crippen LogP contribution in [0.2, 0.25) is 0 Å². The molecule has 5 heteroatoms. The molecular formula is C17H22O5. The van der Waals surface area contributed by atoms with Crippen LogP contribution >= 0.6 is 0 Å². The molecule has 1 aromatic carbocycles. The summed E-state index contributed by atoms with van der Waals surface area (Å²) in [4.78, 5) is 23.6. The molecule has 0 saturated carbocycles. The fourth-order valence-corrected chi connectivity index (χ4v) is 1.78. The van der Waals surface area contributed by atoms with Crippen molar-refractivity contribution in [3.8, 4) is 0 Å². The summed E-state index contributed by atoms with van der Waals surface area (Å²) in [5.74, 6) is -0.643. The zero-order valence-corrected chi connectivity index (χ0v) is 13.6. The van der Waals surface area contributed by atoms with E-state index in [9.17, 15) is 9.59 Å². The van der Waals surface area contributed by atoms with Crippen molar-refractivity contribution in [1.82, 2.24) is 0 Å². The topological polar surface area (TPSA) is 61.8 Å². The number of esters is 1. The molecule has 120 valence electrons. The van der Waals surface area contributed by atoms with Gasteiger partial charge in [0, 0.05) is 0 Å². The van der Waals surface area contributed by atoms with Crippen LogP contribution in [0.3, 0.4) is 0 Å². The lowest BCUT2D eigenvalue weighted by Gasteiger charge is -2.23. The molecule has 0 aliphatic heterocycles. The SMILES string of the molecule is C=C(C(=O)OC)C(OC(=O)OC(C)(C)C)c1cccc(C)c1. The van der Waals surface area contributed by atoms with Gasteiger partial charge in [0.15, 0.2) is 6.10 Å². The predicted octanol–water partition coefficient (Wildman–Crippen LogP) is 3.72. The van der Waals surface area contributed by atoms with Gasteiger partial charge in [-0.25, -0.2) is 9.59 Å². The summed E-state index contributed by atoms with van der Waals surface area (Å²) in [5.41, 5.74) is 0.925. The van der Waals surface area contributed by atoms with Crippen molar-refractivity contribution >= 4 is 12.1 Å². The maximum absolute atomic E-state index is 11.9. The molecule has 0 aliphatic carbocycles. The first-order chi connectivity index (χ1) is 10.1. The van der Waals surface area contributed by atoms with Crippen molar-refractivity contribution < 1.29 is 23.8 Å². The molecule has 1 aromatic rings. The number of hydrogen-bond acceptors (Lipinski definition) is 5. The minimum atomic E-state index is -0.956. The Morgan fingerprint density at radius 3 is 2.36 bits per heavy atom. The summed E-state index contributed by atoms with van der Waals surface area (Å²) in [6.07, 6.45) is -1.83. The van der Waals surface area contributed by atoms with Crippen LogP contribution in [0.5, 0.6) is 0 Å². The van der Waals surface area contributed by atoms with Crippen molar-refractivity contribution in [2.24, 2.45) is 0 Å². The maximum Gasteiger partial charge on any atom is 0.509 e. The van der Waals surface area contributed by atoms with E-state index < -0.39 is 23.8 Å². The lowest BCUT2D eigenvalue weighted by molar-refractivity contribution is -0.137. The van der Waals surface area contributed by atoms with E-state index in [2.05, 4.69) is 11.3 Å². The van der Waals surface area contributed by atoms with Gasteiger partial charge in [0.05, 0.1) is 12.7 Å². The normalized spacial score (nSPS) is 12.2. The largest absolute Gasteiger partial charge is 0.509 e. The number of carbonyl (C=O) groups is 2. The maximum atomic E-state index is 11.9. The lowest BCUT2D eigenvalue weighted by Crippen LogP contribution is -2.27. The molecule has 0 radical (unpaired) electrons. The predicted molar refractivity (Wildman–Crippen MR) is 82.4 cm³/mol. The van der Waals surface area contributed by atoms with Crippen LogP contribution < -0.4 is 0 Å². The average Bonchev–Trinajstić information content (AvgIpc) is 2.41.